The predicted octanol–water partition coefficient (Wildman–Crippen LogP) is 5.07. The van der Waals surface area contributed by atoms with Crippen LogP contribution in [0.2, 0.25) is 0 Å². The number of benzene rings is 2. The standard InChI is InChI=1S/C24H22F3N7O/c25-24(26,27)16-4-2-6-18(11-16)32-23(35)31-17-5-1-3-15(9-17)10-19-20-21(28)29-13-30-22(20)34(33-19)12-14-7-8-14/h1-6,9,11,13-14H,7-8,10,12H2,(H2,28,29,30)(H2,31,32,35). The van der Waals surface area contributed by atoms with Gasteiger partial charge in [0.2, 0.25) is 0 Å². The monoisotopic (exact) mass is 481 g/mol. The van der Waals surface area contributed by atoms with Crippen LogP contribution in [0.4, 0.5) is 35.2 Å². The van der Waals surface area contributed by atoms with Gasteiger partial charge < -0.3 is 16.4 Å². The van der Waals surface area contributed by atoms with Crippen molar-refractivity contribution in [2.45, 2.75) is 32.0 Å². The Morgan fingerprint density at radius 3 is 2.49 bits per heavy atom. The normalized spacial score (nSPS) is 13.7. The summed E-state index contributed by atoms with van der Waals surface area (Å²) in [5, 5.41) is 10.5. The summed E-state index contributed by atoms with van der Waals surface area (Å²) in [6.07, 6.45) is -0.273. The van der Waals surface area contributed by atoms with Gasteiger partial charge in [-0.1, -0.05) is 18.2 Å². The van der Waals surface area contributed by atoms with E-state index in [1.807, 2.05) is 10.7 Å². The summed E-state index contributed by atoms with van der Waals surface area (Å²) in [5.41, 5.74) is 8.13. The third kappa shape index (κ3) is 5.18. The number of amides is 2. The van der Waals surface area contributed by atoms with Crippen molar-refractivity contribution < 1.29 is 18.0 Å². The average Bonchev–Trinajstić information content (AvgIpc) is 3.55. The highest BCUT2D eigenvalue weighted by molar-refractivity contribution is 5.99. The first-order chi connectivity index (χ1) is 16.8. The molecule has 0 unspecified atom stereocenters. The molecule has 4 aromatic rings. The van der Waals surface area contributed by atoms with Gasteiger partial charge in [-0.3, -0.25) is 0 Å². The van der Waals surface area contributed by atoms with E-state index in [9.17, 15) is 18.0 Å². The average molecular weight is 481 g/mol. The van der Waals surface area contributed by atoms with Crippen molar-refractivity contribution in [3.8, 4) is 0 Å². The second kappa shape index (κ2) is 8.90. The Morgan fingerprint density at radius 1 is 1.06 bits per heavy atom. The minimum absolute atomic E-state index is 0.0385. The lowest BCUT2D eigenvalue weighted by atomic mass is 10.1. The molecule has 1 saturated carbocycles. The highest BCUT2D eigenvalue weighted by Crippen LogP contribution is 2.33. The molecule has 35 heavy (non-hydrogen) atoms. The Bertz CT molecular complexity index is 1400. The van der Waals surface area contributed by atoms with E-state index in [0.717, 1.165) is 29.9 Å². The zero-order valence-corrected chi connectivity index (χ0v) is 18.5. The van der Waals surface area contributed by atoms with Crippen LogP contribution in [0.5, 0.6) is 0 Å². The minimum Gasteiger partial charge on any atom is -0.383 e. The quantitative estimate of drug-likeness (QED) is 0.356. The van der Waals surface area contributed by atoms with Gasteiger partial charge in [-0.25, -0.2) is 19.4 Å². The molecule has 2 heterocycles. The molecule has 180 valence electrons. The molecule has 0 bridgehead atoms. The number of nitrogens with one attached hydrogen (secondary N) is 2. The molecule has 5 rings (SSSR count). The summed E-state index contributed by atoms with van der Waals surface area (Å²) in [6, 6.07) is 10.9. The smallest absolute Gasteiger partial charge is 0.383 e. The molecule has 1 aliphatic rings. The highest BCUT2D eigenvalue weighted by atomic mass is 19.4. The van der Waals surface area contributed by atoms with Crippen molar-refractivity contribution >= 4 is 34.3 Å². The Morgan fingerprint density at radius 2 is 1.77 bits per heavy atom. The van der Waals surface area contributed by atoms with Crippen LogP contribution in [0, 0.1) is 5.92 Å². The van der Waals surface area contributed by atoms with Gasteiger partial charge in [-0.2, -0.15) is 18.3 Å². The zero-order chi connectivity index (χ0) is 24.6. The van der Waals surface area contributed by atoms with Crippen molar-refractivity contribution in [3.05, 3.63) is 71.7 Å². The first-order valence-electron chi connectivity index (χ1n) is 11.1. The number of halogens is 3. The van der Waals surface area contributed by atoms with E-state index in [0.29, 0.717) is 34.9 Å². The lowest BCUT2D eigenvalue weighted by molar-refractivity contribution is -0.137. The van der Waals surface area contributed by atoms with Gasteiger partial charge in [-0.05, 0) is 54.7 Å². The van der Waals surface area contributed by atoms with E-state index in [2.05, 4.69) is 20.6 Å². The first-order valence-corrected chi connectivity index (χ1v) is 11.1. The number of fused-ring (bicyclic) bond motifs is 1. The number of rotatable bonds is 6. The summed E-state index contributed by atoms with van der Waals surface area (Å²) in [7, 11) is 0. The van der Waals surface area contributed by atoms with Crippen LogP contribution in [0.3, 0.4) is 0 Å². The predicted molar refractivity (Wildman–Crippen MR) is 126 cm³/mol. The van der Waals surface area contributed by atoms with E-state index in [-0.39, 0.29) is 5.69 Å². The van der Waals surface area contributed by atoms with Crippen LogP contribution < -0.4 is 16.4 Å². The summed E-state index contributed by atoms with van der Waals surface area (Å²) in [4.78, 5) is 20.9. The van der Waals surface area contributed by atoms with Crippen LogP contribution >= 0.6 is 0 Å². The molecule has 1 aliphatic carbocycles. The van der Waals surface area contributed by atoms with E-state index in [1.165, 1.54) is 31.3 Å². The van der Waals surface area contributed by atoms with Crippen LogP contribution in [-0.4, -0.2) is 25.8 Å². The number of urea groups is 1. The lowest BCUT2D eigenvalue weighted by Crippen LogP contribution is -2.20. The fourth-order valence-electron chi connectivity index (χ4n) is 3.92. The summed E-state index contributed by atoms with van der Waals surface area (Å²) in [6.45, 7) is 0.782. The molecule has 2 aromatic heterocycles. The molecule has 0 atom stereocenters. The number of hydrogen-bond donors (Lipinski definition) is 3. The van der Waals surface area contributed by atoms with Gasteiger partial charge in [0.15, 0.2) is 5.65 Å². The SMILES string of the molecule is Nc1ncnc2c1c(Cc1cccc(NC(=O)Nc3cccc(C(F)(F)F)c3)c1)nn2CC1CC1. The van der Waals surface area contributed by atoms with Gasteiger partial charge in [0, 0.05) is 24.3 Å². The largest absolute Gasteiger partial charge is 0.416 e. The van der Waals surface area contributed by atoms with E-state index >= 15 is 0 Å². The van der Waals surface area contributed by atoms with Crippen molar-refractivity contribution in [1.82, 2.24) is 19.7 Å². The number of carbonyl (C=O) groups is 1. The maximum absolute atomic E-state index is 12.9. The number of anilines is 3. The summed E-state index contributed by atoms with van der Waals surface area (Å²) >= 11 is 0. The Kier molecular flexibility index (Phi) is 5.75. The van der Waals surface area contributed by atoms with Crippen molar-refractivity contribution in [2.24, 2.45) is 5.92 Å². The third-order valence-corrected chi connectivity index (χ3v) is 5.76. The second-order valence-electron chi connectivity index (χ2n) is 8.56. The Balaban J connectivity index is 1.32. The highest BCUT2D eigenvalue weighted by Gasteiger charge is 2.30. The number of nitrogens with two attached hydrogens (primary N) is 1. The maximum Gasteiger partial charge on any atom is 0.416 e. The number of hydrogen-bond acceptors (Lipinski definition) is 5. The van der Waals surface area contributed by atoms with Gasteiger partial charge in [0.1, 0.15) is 12.1 Å². The fourth-order valence-corrected chi connectivity index (χ4v) is 3.92. The number of alkyl halides is 3. The van der Waals surface area contributed by atoms with Crippen molar-refractivity contribution in [3.63, 3.8) is 0 Å². The number of nitrogen functional groups attached to an aromatic ring is 1. The van der Waals surface area contributed by atoms with Crippen LogP contribution in [0.15, 0.2) is 54.9 Å². The maximum atomic E-state index is 12.9. The summed E-state index contributed by atoms with van der Waals surface area (Å²) < 4.78 is 40.6. The van der Waals surface area contributed by atoms with E-state index in [1.54, 1.807) is 18.2 Å². The molecule has 2 aromatic carbocycles. The topological polar surface area (TPSA) is 111 Å². The fraction of sp³-hybridized carbons (Fsp3) is 0.250. The Hall–Kier alpha value is -4.15. The molecule has 0 saturated heterocycles. The van der Waals surface area contributed by atoms with Crippen LogP contribution in [0.1, 0.15) is 29.7 Å². The van der Waals surface area contributed by atoms with Gasteiger partial charge in [0.25, 0.3) is 0 Å². The second-order valence-corrected chi connectivity index (χ2v) is 8.56. The van der Waals surface area contributed by atoms with Crippen molar-refractivity contribution in [2.75, 3.05) is 16.4 Å². The van der Waals surface area contributed by atoms with Crippen molar-refractivity contribution in [1.29, 1.82) is 0 Å². The molecule has 4 N–H and O–H groups in total. The molecule has 2 amide bonds. The Labute approximate surface area is 198 Å². The molecule has 8 nitrogen and oxygen atoms in total. The van der Waals surface area contributed by atoms with Gasteiger partial charge >= 0.3 is 12.2 Å². The molecule has 1 fully saturated rings. The zero-order valence-electron chi connectivity index (χ0n) is 18.5. The van der Waals surface area contributed by atoms with Gasteiger partial charge in [0.05, 0.1) is 16.6 Å². The molecule has 0 spiro atoms. The molecule has 0 aliphatic heterocycles. The molecule has 11 heteroatoms. The van der Waals surface area contributed by atoms with Crippen LogP contribution in [-0.2, 0) is 19.1 Å². The third-order valence-electron chi connectivity index (χ3n) is 5.76. The molecular formula is C24H22F3N7O. The van der Waals surface area contributed by atoms with Crippen LogP contribution in [0.25, 0.3) is 11.0 Å². The molecule has 0 radical (unpaired) electrons. The first kappa shape index (κ1) is 22.6. The van der Waals surface area contributed by atoms with Gasteiger partial charge in [-0.15, -0.1) is 0 Å². The molecular weight excluding hydrogens is 459 g/mol. The minimum atomic E-state index is -4.49. The lowest BCUT2D eigenvalue weighted by Gasteiger charge is -2.11. The van der Waals surface area contributed by atoms with E-state index < -0.39 is 17.8 Å². The number of carbonyl (C=O) groups excluding carboxylic acids is 1. The number of nitrogens with zero attached hydrogens (tertiary/aromatic N) is 4. The van der Waals surface area contributed by atoms with E-state index in [4.69, 9.17) is 10.8 Å². The summed E-state index contributed by atoms with van der Waals surface area (Å²) in [5.74, 6) is 0.965. The number of aromatic nitrogens is 4.